The zero-order valence-electron chi connectivity index (χ0n) is 11.1. The first kappa shape index (κ1) is 12.7. The van der Waals surface area contributed by atoms with E-state index >= 15 is 0 Å². The molecular weight excluding hydrogens is 224 g/mol. The number of carbonyl (C=O) groups excluding carboxylic acids is 1. The van der Waals surface area contributed by atoms with Gasteiger partial charge in [-0.05, 0) is 18.9 Å². The predicted molar refractivity (Wildman–Crippen MR) is 70.9 cm³/mol. The molecule has 2 heteroatoms. The van der Waals surface area contributed by atoms with Crippen LogP contribution in [-0.4, -0.2) is 13.1 Å². The second-order valence-corrected chi connectivity index (χ2v) is 4.93. The summed E-state index contributed by atoms with van der Waals surface area (Å²) in [6, 6.07) is 9.82. The Bertz CT molecular complexity index is 509. The minimum atomic E-state index is -0.578. The summed E-state index contributed by atoms with van der Waals surface area (Å²) in [5.41, 5.74) is 0.132. The fraction of sp³-hybridized carbons (Fsp3) is 0.438. The van der Waals surface area contributed by atoms with Crippen molar-refractivity contribution in [1.29, 1.82) is 0 Å². The van der Waals surface area contributed by atoms with Gasteiger partial charge in [-0.25, -0.2) is 0 Å². The Balaban J connectivity index is 2.44. The molecule has 1 aromatic carbocycles. The molecule has 2 atom stereocenters. The zero-order valence-corrected chi connectivity index (χ0v) is 11.1. The van der Waals surface area contributed by atoms with Gasteiger partial charge in [-0.3, -0.25) is 4.79 Å². The van der Waals surface area contributed by atoms with Gasteiger partial charge in [0.05, 0.1) is 12.5 Å². The molecule has 0 aromatic heterocycles. The highest BCUT2D eigenvalue weighted by Crippen LogP contribution is 2.64. The summed E-state index contributed by atoms with van der Waals surface area (Å²) in [7, 11) is 1.44. The molecule has 2 nitrogen and oxygen atoms in total. The normalized spacial score (nSPS) is 29.1. The number of carbonyl (C=O) groups is 1. The smallest absolute Gasteiger partial charge is 0.317 e. The average Bonchev–Trinajstić information content (AvgIpc) is 3.04. The summed E-state index contributed by atoms with van der Waals surface area (Å²) in [6.45, 7) is 4.06. The maximum Gasteiger partial charge on any atom is 0.317 e. The van der Waals surface area contributed by atoms with E-state index in [9.17, 15) is 4.79 Å². The third-order valence-electron chi connectivity index (χ3n) is 3.78. The van der Waals surface area contributed by atoms with Crippen LogP contribution in [0.3, 0.4) is 0 Å². The lowest BCUT2D eigenvalue weighted by Crippen LogP contribution is -2.27. The third-order valence-corrected chi connectivity index (χ3v) is 3.78. The number of benzene rings is 1. The average molecular weight is 242 g/mol. The van der Waals surface area contributed by atoms with Gasteiger partial charge in [0, 0.05) is 6.42 Å². The highest BCUT2D eigenvalue weighted by atomic mass is 16.5. The minimum absolute atomic E-state index is 0.179. The summed E-state index contributed by atoms with van der Waals surface area (Å²) < 4.78 is 5.00. The van der Waals surface area contributed by atoms with Crippen molar-refractivity contribution < 1.29 is 9.53 Å². The fourth-order valence-corrected chi connectivity index (χ4v) is 2.65. The molecule has 0 N–H and O–H groups in total. The Morgan fingerprint density at radius 2 is 2.06 bits per heavy atom. The van der Waals surface area contributed by atoms with Crippen molar-refractivity contribution >= 4 is 5.97 Å². The van der Waals surface area contributed by atoms with Crippen LogP contribution in [0.2, 0.25) is 0 Å². The summed E-state index contributed by atoms with van der Waals surface area (Å²) in [5, 5.41) is 0. The number of methoxy groups -OCH3 is 1. The van der Waals surface area contributed by atoms with Crippen LogP contribution >= 0.6 is 0 Å². The van der Waals surface area contributed by atoms with E-state index in [1.807, 2.05) is 44.2 Å². The van der Waals surface area contributed by atoms with Gasteiger partial charge in [0.15, 0.2) is 0 Å². The highest BCUT2D eigenvalue weighted by Gasteiger charge is 2.70. The molecule has 0 radical (unpaired) electrons. The highest BCUT2D eigenvalue weighted by molar-refractivity contribution is 5.90. The fourth-order valence-electron chi connectivity index (χ4n) is 2.65. The minimum Gasteiger partial charge on any atom is -0.468 e. The van der Waals surface area contributed by atoms with Crippen LogP contribution in [0.5, 0.6) is 0 Å². The molecule has 0 heterocycles. The first-order chi connectivity index (χ1) is 8.60. The molecule has 0 saturated heterocycles. The van der Waals surface area contributed by atoms with Gasteiger partial charge < -0.3 is 4.74 Å². The van der Waals surface area contributed by atoms with Gasteiger partial charge in [-0.1, -0.05) is 43.2 Å². The van der Waals surface area contributed by atoms with Crippen LogP contribution in [0.4, 0.5) is 0 Å². The van der Waals surface area contributed by atoms with E-state index in [1.165, 1.54) is 7.11 Å². The van der Waals surface area contributed by atoms with E-state index in [0.717, 1.165) is 18.4 Å². The van der Waals surface area contributed by atoms with Crippen LogP contribution in [0.15, 0.2) is 30.3 Å². The summed E-state index contributed by atoms with van der Waals surface area (Å²) in [6.07, 6.45) is 1.55. The van der Waals surface area contributed by atoms with Crippen molar-refractivity contribution in [2.75, 3.05) is 7.11 Å². The van der Waals surface area contributed by atoms with Crippen LogP contribution in [0, 0.1) is 17.3 Å². The number of hydrogen-bond donors (Lipinski definition) is 0. The quantitative estimate of drug-likeness (QED) is 0.589. The zero-order chi connectivity index (χ0) is 13.2. The molecule has 0 bridgehead atoms. The van der Waals surface area contributed by atoms with Crippen LogP contribution in [0.25, 0.3) is 0 Å². The first-order valence-electron chi connectivity index (χ1n) is 6.24. The molecule has 1 saturated carbocycles. The van der Waals surface area contributed by atoms with Gasteiger partial charge >= 0.3 is 5.97 Å². The molecule has 0 amide bonds. The topological polar surface area (TPSA) is 26.3 Å². The predicted octanol–water partition coefficient (Wildman–Crippen LogP) is 2.92. The van der Waals surface area contributed by atoms with E-state index in [4.69, 9.17) is 4.74 Å². The van der Waals surface area contributed by atoms with Crippen molar-refractivity contribution in [3.8, 4) is 11.8 Å². The molecule has 1 aromatic rings. The van der Waals surface area contributed by atoms with Gasteiger partial charge in [-0.2, -0.15) is 0 Å². The molecule has 0 unspecified atom stereocenters. The molecule has 0 spiro atoms. The Morgan fingerprint density at radius 3 is 2.61 bits per heavy atom. The molecule has 94 valence electrons. The summed E-state index contributed by atoms with van der Waals surface area (Å²) >= 11 is 0. The third kappa shape index (κ3) is 1.71. The van der Waals surface area contributed by atoms with Crippen molar-refractivity contribution in [3.05, 3.63) is 35.9 Å². The number of rotatable bonds is 2. The van der Waals surface area contributed by atoms with Crippen molar-refractivity contribution in [3.63, 3.8) is 0 Å². The number of ether oxygens (including phenoxy) is 1. The monoisotopic (exact) mass is 242 g/mol. The Kier molecular flexibility index (Phi) is 3.17. The van der Waals surface area contributed by atoms with E-state index in [2.05, 4.69) is 11.8 Å². The van der Waals surface area contributed by atoms with Crippen LogP contribution in [0.1, 0.15) is 32.3 Å². The molecule has 2 rings (SSSR count). The molecule has 0 aliphatic heterocycles. The maximum atomic E-state index is 12.2. The van der Waals surface area contributed by atoms with E-state index in [-0.39, 0.29) is 11.4 Å². The maximum absolute atomic E-state index is 12.2. The Labute approximate surface area is 108 Å². The van der Waals surface area contributed by atoms with Gasteiger partial charge in [0.1, 0.15) is 5.41 Å². The SMILES string of the molecule is CCC#C[C@@]1(C)C[C@]1(C(=O)OC)c1ccccc1. The standard InChI is InChI=1S/C16H18O2/c1-4-5-11-15(2)12-16(15,14(17)18-3)13-9-7-6-8-10-13/h6-10H,4,12H2,1-3H3/t15-,16+/m0/s1. The largest absolute Gasteiger partial charge is 0.468 e. The Hall–Kier alpha value is -1.75. The summed E-state index contributed by atoms with van der Waals surface area (Å²) in [4.78, 5) is 12.2. The molecule has 1 aliphatic rings. The number of esters is 1. The molecule has 1 fully saturated rings. The lowest BCUT2D eigenvalue weighted by atomic mass is 9.87. The molecule has 18 heavy (non-hydrogen) atoms. The second kappa shape index (κ2) is 4.49. The van der Waals surface area contributed by atoms with Crippen molar-refractivity contribution in [2.24, 2.45) is 5.41 Å². The van der Waals surface area contributed by atoms with E-state index in [1.54, 1.807) is 0 Å². The van der Waals surface area contributed by atoms with Gasteiger partial charge in [0.2, 0.25) is 0 Å². The van der Waals surface area contributed by atoms with E-state index < -0.39 is 5.41 Å². The second-order valence-electron chi connectivity index (χ2n) is 4.93. The lowest BCUT2D eigenvalue weighted by Gasteiger charge is -2.17. The molecule has 1 aliphatic carbocycles. The van der Waals surface area contributed by atoms with E-state index in [0.29, 0.717) is 0 Å². The first-order valence-corrected chi connectivity index (χ1v) is 6.24. The molecular formula is C16H18O2. The van der Waals surface area contributed by atoms with Gasteiger partial charge in [-0.15, -0.1) is 5.92 Å². The van der Waals surface area contributed by atoms with Crippen LogP contribution < -0.4 is 0 Å². The van der Waals surface area contributed by atoms with Gasteiger partial charge in [0.25, 0.3) is 0 Å². The Morgan fingerprint density at radius 1 is 1.39 bits per heavy atom. The van der Waals surface area contributed by atoms with Crippen LogP contribution in [-0.2, 0) is 14.9 Å². The number of hydrogen-bond acceptors (Lipinski definition) is 2. The van der Waals surface area contributed by atoms with Crippen molar-refractivity contribution in [1.82, 2.24) is 0 Å². The van der Waals surface area contributed by atoms with Crippen molar-refractivity contribution in [2.45, 2.75) is 32.1 Å². The summed E-state index contributed by atoms with van der Waals surface area (Å²) in [5.74, 6) is 6.15. The lowest BCUT2D eigenvalue weighted by molar-refractivity contribution is -0.144.